The Morgan fingerprint density at radius 2 is 1.51 bits per heavy atom. The second kappa shape index (κ2) is 11.4. The summed E-state index contributed by atoms with van der Waals surface area (Å²) >= 11 is 0. The smallest absolute Gasteiger partial charge is 0.264 e. The first-order valence-electron chi connectivity index (χ1n) is 13.0. The fraction of sp³-hybridized carbons (Fsp3) is 0.367. The van der Waals surface area contributed by atoms with Gasteiger partial charge < -0.3 is 10.2 Å². The number of anilines is 2. The maximum absolute atomic E-state index is 13.7. The standard InChI is InChI=1S/C30H37N3O3S/c1-22-9-16-28(17-10-22)37(35,36)33(29-20-23(2)8-11-24(29)3)21-30(34)31-25(4)26-12-14-27(15-13-26)32-18-6-5-7-19-32/h8-17,20,25H,5-7,18-19,21H2,1-4H3,(H,31,34). The highest BCUT2D eigenvalue weighted by Gasteiger charge is 2.29. The Kier molecular flexibility index (Phi) is 8.22. The minimum absolute atomic E-state index is 0.160. The average Bonchev–Trinajstić information content (AvgIpc) is 2.89. The van der Waals surface area contributed by atoms with Crippen molar-refractivity contribution in [2.75, 3.05) is 28.8 Å². The molecule has 0 spiro atoms. The molecule has 37 heavy (non-hydrogen) atoms. The first-order chi connectivity index (χ1) is 17.6. The van der Waals surface area contributed by atoms with Crippen LogP contribution in [0.2, 0.25) is 0 Å². The molecule has 0 saturated carbocycles. The van der Waals surface area contributed by atoms with Gasteiger partial charge in [0.15, 0.2) is 0 Å². The maximum atomic E-state index is 13.7. The van der Waals surface area contributed by atoms with Crippen molar-refractivity contribution in [1.82, 2.24) is 5.32 Å². The molecule has 196 valence electrons. The largest absolute Gasteiger partial charge is 0.372 e. The van der Waals surface area contributed by atoms with Gasteiger partial charge in [-0.3, -0.25) is 9.10 Å². The van der Waals surface area contributed by atoms with Crippen molar-refractivity contribution in [2.45, 2.75) is 57.9 Å². The molecule has 0 bridgehead atoms. The quantitative estimate of drug-likeness (QED) is 0.416. The number of hydrogen-bond acceptors (Lipinski definition) is 4. The lowest BCUT2D eigenvalue weighted by Gasteiger charge is -2.29. The van der Waals surface area contributed by atoms with Gasteiger partial charge in [0.1, 0.15) is 6.54 Å². The van der Waals surface area contributed by atoms with E-state index in [1.54, 1.807) is 24.3 Å². The van der Waals surface area contributed by atoms with E-state index in [1.807, 2.05) is 58.0 Å². The Morgan fingerprint density at radius 3 is 2.16 bits per heavy atom. The highest BCUT2D eigenvalue weighted by molar-refractivity contribution is 7.92. The fourth-order valence-electron chi connectivity index (χ4n) is 4.75. The molecule has 7 heteroatoms. The lowest BCUT2D eigenvalue weighted by atomic mass is 10.1. The molecule has 1 fully saturated rings. The molecule has 4 rings (SSSR count). The van der Waals surface area contributed by atoms with Crippen molar-refractivity contribution in [3.63, 3.8) is 0 Å². The van der Waals surface area contributed by atoms with Crippen LogP contribution in [0.4, 0.5) is 11.4 Å². The highest BCUT2D eigenvalue weighted by Crippen LogP contribution is 2.28. The van der Waals surface area contributed by atoms with Crippen LogP contribution in [0.15, 0.2) is 71.6 Å². The summed E-state index contributed by atoms with van der Waals surface area (Å²) in [6.07, 6.45) is 3.73. The molecular weight excluding hydrogens is 482 g/mol. The van der Waals surface area contributed by atoms with Crippen molar-refractivity contribution in [3.05, 3.63) is 89.0 Å². The third kappa shape index (κ3) is 6.34. The van der Waals surface area contributed by atoms with Crippen LogP contribution in [-0.4, -0.2) is 34.0 Å². The lowest BCUT2D eigenvalue weighted by molar-refractivity contribution is -0.120. The van der Waals surface area contributed by atoms with Crippen molar-refractivity contribution >= 4 is 27.3 Å². The molecule has 0 aromatic heterocycles. The van der Waals surface area contributed by atoms with Crippen LogP contribution in [0.3, 0.4) is 0 Å². The zero-order chi connectivity index (χ0) is 26.6. The van der Waals surface area contributed by atoms with Crippen LogP contribution in [0.25, 0.3) is 0 Å². The van der Waals surface area contributed by atoms with E-state index in [9.17, 15) is 13.2 Å². The normalized spacial score (nSPS) is 14.8. The molecule has 1 unspecified atom stereocenters. The fourth-order valence-corrected chi connectivity index (χ4v) is 6.23. The number of nitrogens with one attached hydrogen (secondary N) is 1. The minimum Gasteiger partial charge on any atom is -0.372 e. The number of nitrogens with zero attached hydrogens (tertiary/aromatic N) is 2. The Bertz CT molecular complexity index is 1330. The summed E-state index contributed by atoms with van der Waals surface area (Å²) in [5.41, 5.74) is 5.37. The summed E-state index contributed by atoms with van der Waals surface area (Å²) in [5, 5.41) is 3.00. The van der Waals surface area contributed by atoms with Crippen LogP contribution in [0, 0.1) is 20.8 Å². The number of aryl methyl sites for hydroxylation is 3. The first kappa shape index (κ1) is 26.7. The van der Waals surface area contributed by atoms with Crippen LogP contribution >= 0.6 is 0 Å². The van der Waals surface area contributed by atoms with Gasteiger partial charge in [0.05, 0.1) is 16.6 Å². The Labute approximate surface area is 221 Å². The second-order valence-electron chi connectivity index (χ2n) is 10.0. The molecule has 0 radical (unpaired) electrons. The van der Waals surface area contributed by atoms with E-state index in [4.69, 9.17) is 0 Å². The number of rotatable bonds is 8. The van der Waals surface area contributed by atoms with Gasteiger partial charge >= 0.3 is 0 Å². The molecule has 1 amide bonds. The van der Waals surface area contributed by atoms with E-state index >= 15 is 0 Å². The first-order valence-corrected chi connectivity index (χ1v) is 14.4. The Balaban J connectivity index is 1.54. The summed E-state index contributed by atoms with van der Waals surface area (Å²) in [6, 6.07) is 20.4. The maximum Gasteiger partial charge on any atom is 0.264 e. The van der Waals surface area contributed by atoms with Gasteiger partial charge in [0.25, 0.3) is 10.0 Å². The predicted molar refractivity (Wildman–Crippen MR) is 151 cm³/mol. The third-order valence-electron chi connectivity index (χ3n) is 7.02. The lowest BCUT2D eigenvalue weighted by Crippen LogP contribution is -2.42. The van der Waals surface area contributed by atoms with Gasteiger partial charge in [-0.2, -0.15) is 0 Å². The molecule has 1 aliphatic heterocycles. The van der Waals surface area contributed by atoms with Crippen LogP contribution in [-0.2, 0) is 14.8 Å². The molecule has 1 saturated heterocycles. The number of piperidine rings is 1. The number of amides is 1. The van der Waals surface area contributed by atoms with E-state index in [1.165, 1.54) is 29.3 Å². The molecule has 3 aromatic rings. The second-order valence-corrected chi connectivity index (χ2v) is 11.9. The monoisotopic (exact) mass is 519 g/mol. The van der Waals surface area contributed by atoms with Gasteiger partial charge in [-0.25, -0.2) is 8.42 Å². The summed E-state index contributed by atoms with van der Waals surface area (Å²) in [7, 11) is -3.96. The van der Waals surface area contributed by atoms with Crippen molar-refractivity contribution in [2.24, 2.45) is 0 Å². The van der Waals surface area contributed by atoms with Gasteiger partial charge in [0, 0.05) is 18.8 Å². The zero-order valence-corrected chi connectivity index (χ0v) is 23.0. The molecular formula is C30H37N3O3S. The molecule has 6 nitrogen and oxygen atoms in total. The van der Waals surface area contributed by atoms with Crippen molar-refractivity contribution in [1.29, 1.82) is 0 Å². The van der Waals surface area contributed by atoms with E-state index in [0.29, 0.717) is 5.69 Å². The van der Waals surface area contributed by atoms with E-state index in [-0.39, 0.29) is 23.4 Å². The van der Waals surface area contributed by atoms with Crippen molar-refractivity contribution in [3.8, 4) is 0 Å². The summed E-state index contributed by atoms with van der Waals surface area (Å²) in [6.45, 7) is 9.45. The van der Waals surface area contributed by atoms with Gasteiger partial charge in [-0.1, -0.05) is 42.0 Å². The SMILES string of the molecule is Cc1ccc(S(=O)(=O)N(CC(=O)NC(C)c2ccc(N3CCCCC3)cc2)c2cc(C)ccc2C)cc1. The molecule has 0 aliphatic carbocycles. The average molecular weight is 520 g/mol. The van der Waals surface area contributed by atoms with E-state index in [2.05, 4.69) is 22.3 Å². The Morgan fingerprint density at radius 1 is 0.892 bits per heavy atom. The topological polar surface area (TPSA) is 69.7 Å². The number of hydrogen-bond donors (Lipinski definition) is 1. The predicted octanol–water partition coefficient (Wildman–Crippen LogP) is 5.67. The zero-order valence-electron chi connectivity index (χ0n) is 22.2. The highest BCUT2D eigenvalue weighted by atomic mass is 32.2. The third-order valence-corrected chi connectivity index (χ3v) is 8.80. The van der Waals surface area contributed by atoms with Crippen molar-refractivity contribution < 1.29 is 13.2 Å². The van der Waals surface area contributed by atoms with Gasteiger partial charge in [0.2, 0.25) is 5.91 Å². The van der Waals surface area contributed by atoms with Crippen LogP contribution < -0.4 is 14.5 Å². The summed E-state index contributed by atoms with van der Waals surface area (Å²) in [5.74, 6) is -0.357. The summed E-state index contributed by atoms with van der Waals surface area (Å²) in [4.78, 5) is 15.8. The number of sulfonamides is 1. The number of benzene rings is 3. The van der Waals surface area contributed by atoms with Crippen LogP contribution in [0.5, 0.6) is 0 Å². The summed E-state index contributed by atoms with van der Waals surface area (Å²) < 4.78 is 28.7. The minimum atomic E-state index is -3.96. The molecule has 1 atom stereocenters. The van der Waals surface area contributed by atoms with Gasteiger partial charge in [-0.05, 0) is 94.0 Å². The number of carbonyl (C=O) groups excluding carboxylic acids is 1. The molecule has 1 heterocycles. The van der Waals surface area contributed by atoms with E-state index < -0.39 is 10.0 Å². The number of carbonyl (C=O) groups is 1. The van der Waals surface area contributed by atoms with Crippen LogP contribution in [0.1, 0.15) is 54.5 Å². The van der Waals surface area contributed by atoms with Gasteiger partial charge in [-0.15, -0.1) is 0 Å². The Hall–Kier alpha value is -3.32. The van der Waals surface area contributed by atoms with E-state index in [0.717, 1.165) is 35.3 Å². The molecule has 1 N–H and O–H groups in total. The molecule has 1 aliphatic rings. The molecule has 3 aromatic carbocycles.